The van der Waals surface area contributed by atoms with Crippen LogP contribution in [-0.2, 0) is 17.7 Å². The van der Waals surface area contributed by atoms with Gasteiger partial charge in [-0.15, -0.1) is 0 Å². The third kappa shape index (κ3) is 2.94. The van der Waals surface area contributed by atoms with Crippen LogP contribution in [0.1, 0.15) is 25.6 Å². The second kappa shape index (κ2) is 6.54. The first-order valence-electron chi connectivity index (χ1n) is 7.86. The van der Waals surface area contributed by atoms with Crippen LogP contribution in [0.4, 0.5) is 0 Å². The number of likely N-dealkylation sites (N-methyl/N-ethyl adjacent to an activating group) is 1. The summed E-state index contributed by atoms with van der Waals surface area (Å²) < 4.78 is 7.52. The summed E-state index contributed by atoms with van der Waals surface area (Å²) in [4.78, 5) is 11.9. The van der Waals surface area contributed by atoms with Crippen LogP contribution < -0.4 is 0 Å². The van der Waals surface area contributed by atoms with E-state index in [0.29, 0.717) is 12.6 Å². The van der Waals surface area contributed by atoms with E-state index in [4.69, 9.17) is 9.72 Å². The smallest absolute Gasteiger partial charge is 0.160 e. The lowest BCUT2D eigenvalue weighted by Gasteiger charge is -2.24. The van der Waals surface area contributed by atoms with E-state index < -0.39 is 0 Å². The number of nitrogens with zero attached hydrogens (tertiary/aromatic N) is 4. The van der Waals surface area contributed by atoms with E-state index in [1.165, 1.54) is 19.4 Å². The molecule has 2 aromatic heterocycles. The average molecular weight is 288 g/mol. The lowest BCUT2D eigenvalue weighted by Crippen LogP contribution is -2.33. The van der Waals surface area contributed by atoms with Crippen molar-refractivity contribution in [2.24, 2.45) is 0 Å². The quantitative estimate of drug-likeness (QED) is 0.816. The molecule has 0 bridgehead atoms. The number of aromatic nitrogens is 3. The normalized spacial score (nSPS) is 19.6. The standard InChI is InChI=1S/C16H24N4O/c1-3-19-10-5-6-13(19)12-20-15(8-11-21-2)18-14-7-4-9-17-16(14)20/h4,7,9,13H,3,5-6,8,10-12H2,1-2H3. The van der Waals surface area contributed by atoms with E-state index >= 15 is 0 Å². The van der Waals surface area contributed by atoms with Crippen LogP contribution in [0.2, 0.25) is 0 Å². The van der Waals surface area contributed by atoms with Gasteiger partial charge in [-0.2, -0.15) is 0 Å². The zero-order valence-corrected chi connectivity index (χ0v) is 13.0. The Bertz CT molecular complexity index is 595. The van der Waals surface area contributed by atoms with Crippen molar-refractivity contribution in [3.8, 4) is 0 Å². The van der Waals surface area contributed by atoms with E-state index in [2.05, 4.69) is 21.4 Å². The van der Waals surface area contributed by atoms with Gasteiger partial charge in [0.25, 0.3) is 0 Å². The Morgan fingerprint density at radius 3 is 3.14 bits per heavy atom. The third-order valence-electron chi connectivity index (χ3n) is 4.41. The van der Waals surface area contributed by atoms with Crippen molar-refractivity contribution in [1.82, 2.24) is 19.4 Å². The van der Waals surface area contributed by atoms with E-state index in [1.54, 1.807) is 7.11 Å². The van der Waals surface area contributed by atoms with Crippen LogP contribution in [-0.4, -0.2) is 52.3 Å². The summed E-state index contributed by atoms with van der Waals surface area (Å²) in [6.07, 6.45) is 5.26. The first kappa shape index (κ1) is 14.5. The van der Waals surface area contributed by atoms with Crippen LogP contribution in [0.5, 0.6) is 0 Å². The Kier molecular flexibility index (Phi) is 4.51. The monoisotopic (exact) mass is 288 g/mol. The molecule has 1 aliphatic heterocycles. The molecule has 3 heterocycles. The second-order valence-electron chi connectivity index (χ2n) is 5.65. The van der Waals surface area contributed by atoms with Crippen LogP contribution in [0.3, 0.4) is 0 Å². The predicted molar refractivity (Wildman–Crippen MR) is 83.4 cm³/mol. The van der Waals surface area contributed by atoms with Crippen molar-refractivity contribution >= 4 is 11.2 Å². The molecule has 3 rings (SSSR count). The summed E-state index contributed by atoms with van der Waals surface area (Å²) >= 11 is 0. The number of fused-ring (bicyclic) bond motifs is 1. The Balaban J connectivity index is 1.91. The summed E-state index contributed by atoms with van der Waals surface area (Å²) in [6.45, 7) is 6.27. The molecule has 1 atom stereocenters. The first-order valence-corrected chi connectivity index (χ1v) is 7.86. The maximum Gasteiger partial charge on any atom is 0.160 e. The number of hydrogen-bond acceptors (Lipinski definition) is 4. The lowest BCUT2D eigenvalue weighted by atomic mass is 10.2. The fourth-order valence-electron chi connectivity index (χ4n) is 3.31. The largest absolute Gasteiger partial charge is 0.384 e. The van der Waals surface area contributed by atoms with E-state index in [9.17, 15) is 0 Å². The molecule has 5 heteroatoms. The van der Waals surface area contributed by atoms with Gasteiger partial charge in [0.05, 0.1) is 6.61 Å². The number of likely N-dealkylation sites (tertiary alicyclic amines) is 1. The molecular weight excluding hydrogens is 264 g/mol. The molecule has 0 radical (unpaired) electrons. The summed E-state index contributed by atoms with van der Waals surface area (Å²) in [6, 6.07) is 4.60. The molecule has 1 unspecified atom stereocenters. The molecule has 0 amide bonds. The Hall–Kier alpha value is -1.46. The van der Waals surface area contributed by atoms with Crippen LogP contribution in [0, 0.1) is 0 Å². The van der Waals surface area contributed by atoms with Crippen molar-refractivity contribution in [3.63, 3.8) is 0 Å². The van der Waals surface area contributed by atoms with Crippen LogP contribution in [0.25, 0.3) is 11.2 Å². The molecule has 1 fully saturated rings. The van der Waals surface area contributed by atoms with Gasteiger partial charge in [0.1, 0.15) is 11.3 Å². The Morgan fingerprint density at radius 2 is 2.33 bits per heavy atom. The minimum Gasteiger partial charge on any atom is -0.384 e. The summed E-state index contributed by atoms with van der Waals surface area (Å²) in [7, 11) is 1.74. The molecule has 0 spiro atoms. The van der Waals surface area contributed by atoms with E-state index in [0.717, 1.165) is 36.5 Å². The average Bonchev–Trinajstić information content (AvgIpc) is 3.10. The van der Waals surface area contributed by atoms with Crippen molar-refractivity contribution in [2.75, 3.05) is 26.8 Å². The van der Waals surface area contributed by atoms with Gasteiger partial charge in [-0.25, -0.2) is 9.97 Å². The number of ether oxygens (including phenoxy) is 1. The second-order valence-corrected chi connectivity index (χ2v) is 5.65. The van der Waals surface area contributed by atoms with Gasteiger partial charge in [-0.1, -0.05) is 6.92 Å². The highest BCUT2D eigenvalue weighted by atomic mass is 16.5. The summed E-state index contributed by atoms with van der Waals surface area (Å²) in [5.74, 6) is 1.09. The predicted octanol–water partition coefficient (Wildman–Crippen LogP) is 2.10. The molecule has 5 nitrogen and oxygen atoms in total. The number of pyridine rings is 1. The highest BCUT2D eigenvalue weighted by Gasteiger charge is 2.25. The number of hydrogen-bond donors (Lipinski definition) is 0. The van der Waals surface area contributed by atoms with Gasteiger partial charge in [0.15, 0.2) is 5.65 Å². The molecule has 0 aromatic carbocycles. The van der Waals surface area contributed by atoms with Crippen molar-refractivity contribution in [2.45, 2.75) is 38.8 Å². The molecule has 2 aromatic rings. The number of methoxy groups -OCH3 is 1. The van der Waals surface area contributed by atoms with E-state index in [-0.39, 0.29) is 0 Å². The van der Waals surface area contributed by atoms with Crippen molar-refractivity contribution in [1.29, 1.82) is 0 Å². The molecule has 1 aliphatic rings. The van der Waals surface area contributed by atoms with Crippen molar-refractivity contribution < 1.29 is 4.74 Å². The lowest BCUT2D eigenvalue weighted by molar-refractivity contribution is 0.197. The number of imidazole rings is 1. The van der Waals surface area contributed by atoms with Gasteiger partial charge < -0.3 is 9.30 Å². The molecular formula is C16H24N4O. The fraction of sp³-hybridized carbons (Fsp3) is 0.625. The van der Waals surface area contributed by atoms with Gasteiger partial charge in [-0.05, 0) is 38.1 Å². The van der Waals surface area contributed by atoms with E-state index in [1.807, 2.05) is 18.3 Å². The highest BCUT2D eigenvalue weighted by Crippen LogP contribution is 2.22. The summed E-state index contributed by atoms with van der Waals surface area (Å²) in [5, 5.41) is 0. The fourth-order valence-corrected chi connectivity index (χ4v) is 3.31. The summed E-state index contributed by atoms with van der Waals surface area (Å²) in [5.41, 5.74) is 2.00. The van der Waals surface area contributed by atoms with Gasteiger partial charge in [0.2, 0.25) is 0 Å². The zero-order chi connectivity index (χ0) is 14.7. The van der Waals surface area contributed by atoms with Gasteiger partial charge in [-0.3, -0.25) is 4.90 Å². The maximum atomic E-state index is 5.22. The molecule has 114 valence electrons. The minimum atomic E-state index is 0.607. The molecule has 1 saturated heterocycles. The van der Waals surface area contributed by atoms with Gasteiger partial charge >= 0.3 is 0 Å². The Labute approximate surface area is 125 Å². The SMILES string of the molecule is CCN1CCCC1Cn1c(CCOC)nc2cccnc21. The van der Waals surface area contributed by atoms with Crippen LogP contribution in [0.15, 0.2) is 18.3 Å². The van der Waals surface area contributed by atoms with Crippen LogP contribution >= 0.6 is 0 Å². The molecule has 21 heavy (non-hydrogen) atoms. The zero-order valence-electron chi connectivity index (χ0n) is 13.0. The number of rotatable bonds is 6. The minimum absolute atomic E-state index is 0.607. The van der Waals surface area contributed by atoms with Gasteiger partial charge in [0, 0.05) is 32.3 Å². The molecule has 0 aliphatic carbocycles. The Morgan fingerprint density at radius 1 is 1.43 bits per heavy atom. The highest BCUT2D eigenvalue weighted by molar-refractivity contribution is 5.71. The van der Waals surface area contributed by atoms with Crippen molar-refractivity contribution in [3.05, 3.63) is 24.2 Å². The third-order valence-corrected chi connectivity index (χ3v) is 4.41. The maximum absolute atomic E-state index is 5.22. The topological polar surface area (TPSA) is 43.2 Å². The molecule has 0 saturated carbocycles. The molecule has 0 N–H and O–H groups in total. The first-order chi connectivity index (χ1) is 10.3.